The van der Waals surface area contributed by atoms with Gasteiger partial charge in [-0.05, 0) is 31.4 Å². The molecule has 0 radical (unpaired) electrons. The van der Waals surface area contributed by atoms with E-state index in [0.29, 0.717) is 0 Å². The first-order valence-corrected chi connectivity index (χ1v) is 6.01. The second-order valence-corrected chi connectivity index (χ2v) is 3.85. The van der Waals surface area contributed by atoms with E-state index in [4.69, 9.17) is 0 Å². The summed E-state index contributed by atoms with van der Waals surface area (Å²) < 4.78 is 0. The highest BCUT2D eigenvalue weighted by Crippen LogP contribution is 2.12. The van der Waals surface area contributed by atoms with Gasteiger partial charge in [0.2, 0.25) is 0 Å². The van der Waals surface area contributed by atoms with E-state index in [1.165, 1.54) is 18.4 Å². The van der Waals surface area contributed by atoms with Gasteiger partial charge in [0.05, 0.1) is 0 Å². The minimum Gasteiger partial charge on any atom is -0.357 e. The maximum Gasteiger partial charge on any atom is 0.128 e. The number of hydrogen-bond donors (Lipinski definition) is 0. The van der Waals surface area contributed by atoms with Crippen molar-refractivity contribution in [3.8, 4) is 0 Å². The van der Waals surface area contributed by atoms with Gasteiger partial charge < -0.3 is 4.90 Å². The summed E-state index contributed by atoms with van der Waals surface area (Å²) in [7, 11) is 0. The van der Waals surface area contributed by atoms with Crippen LogP contribution in [0.15, 0.2) is 18.3 Å². The fourth-order valence-corrected chi connectivity index (χ4v) is 1.74. The van der Waals surface area contributed by atoms with Crippen LogP contribution in [0.3, 0.4) is 0 Å². The van der Waals surface area contributed by atoms with E-state index in [-0.39, 0.29) is 0 Å². The van der Waals surface area contributed by atoms with Crippen LogP contribution >= 0.6 is 0 Å². The smallest absolute Gasteiger partial charge is 0.128 e. The molecule has 2 heteroatoms. The third-order valence-electron chi connectivity index (χ3n) is 2.55. The van der Waals surface area contributed by atoms with Gasteiger partial charge in [-0.25, -0.2) is 4.98 Å². The lowest BCUT2D eigenvalue weighted by Crippen LogP contribution is -2.24. The number of hydrogen-bond acceptors (Lipinski definition) is 2. The highest BCUT2D eigenvalue weighted by atomic mass is 15.2. The molecular formula is C13H22N2. The van der Waals surface area contributed by atoms with Crippen LogP contribution in [0.5, 0.6) is 0 Å². The number of nitrogens with zero attached hydrogens (tertiary/aromatic N) is 2. The van der Waals surface area contributed by atoms with Crippen LogP contribution in [0, 0.1) is 0 Å². The predicted molar refractivity (Wildman–Crippen MR) is 66.4 cm³/mol. The fourth-order valence-electron chi connectivity index (χ4n) is 1.74. The third-order valence-corrected chi connectivity index (χ3v) is 2.55. The number of aromatic nitrogens is 1. The summed E-state index contributed by atoms with van der Waals surface area (Å²) in [6.45, 7) is 8.71. The molecule has 2 nitrogen and oxygen atoms in total. The van der Waals surface area contributed by atoms with Gasteiger partial charge in [0.15, 0.2) is 0 Å². The Hall–Kier alpha value is -1.05. The normalized spacial score (nSPS) is 10.3. The van der Waals surface area contributed by atoms with Crippen LogP contribution in [0.1, 0.15) is 39.2 Å². The maximum absolute atomic E-state index is 4.51. The van der Waals surface area contributed by atoms with Gasteiger partial charge in [0.25, 0.3) is 0 Å². The van der Waals surface area contributed by atoms with Gasteiger partial charge in [-0.1, -0.05) is 26.3 Å². The molecule has 0 aliphatic heterocycles. The molecule has 0 aliphatic carbocycles. The summed E-state index contributed by atoms with van der Waals surface area (Å²) >= 11 is 0. The molecule has 0 amide bonds. The molecule has 0 bridgehead atoms. The van der Waals surface area contributed by atoms with E-state index in [2.05, 4.69) is 42.8 Å². The van der Waals surface area contributed by atoms with Crippen LogP contribution in [-0.4, -0.2) is 18.1 Å². The molecule has 0 N–H and O–H groups in total. The lowest BCUT2D eigenvalue weighted by atomic mass is 10.2. The Bertz CT molecular complexity index is 266. The maximum atomic E-state index is 4.51. The Kier molecular flexibility index (Phi) is 5.16. The molecule has 15 heavy (non-hydrogen) atoms. The highest BCUT2D eigenvalue weighted by Gasteiger charge is 2.03. The third kappa shape index (κ3) is 3.54. The predicted octanol–water partition coefficient (Wildman–Crippen LogP) is 3.27. The molecule has 1 aromatic rings. The van der Waals surface area contributed by atoms with Gasteiger partial charge in [0, 0.05) is 19.3 Å². The number of pyridine rings is 1. The molecule has 1 rings (SSSR count). The fraction of sp³-hybridized carbons (Fsp3) is 0.615. The molecule has 0 atom stereocenters. The molecule has 0 aliphatic rings. The average Bonchev–Trinajstić information content (AvgIpc) is 2.28. The topological polar surface area (TPSA) is 16.1 Å². The average molecular weight is 206 g/mol. The zero-order valence-electron chi connectivity index (χ0n) is 10.2. The summed E-state index contributed by atoms with van der Waals surface area (Å²) in [4.78, 5) is 6.83. The Morgan fingerprint density at radius 3 is 2.40 bits per heavy atom. The van der Waals surface area contributed by atoms with Crippen molar-refractivity contribution in [1.29, 1.82) is 0 Å². The summed E-state index contributed by atoms with van der Waals surface area (Å²) in [6.07, 6.45) is 5.50. The molecule has 1 aromatic heterocycles. The Labute approximate surface area is 93.3 Å². The Morgan fingerprint density at radius 1 is 1.13 bits per heavy atom. The van der Waals surface area contributed by atoms with Crippen molar-refractivity contribution in [1.82, 2.24) is 4.98 Å². The van der Waals surface area contributed by atoms with Gasteiger partial charge in [0.1, 0.15) is 5.82 Å². The summed E-state index contributed by atoms with van der Waals surface area (Å²) in [5.74, 6) is 1.11. The minimum absolute atomic E-state index is 1.04. The number of anilines is 1. The zero-order chi connectivity index (χ0) is 11.1. The van der Waals surface area contributed by atoms with Crippen molar-refractivity contribution in [2.45, 2.75) is 40.0 Å². The van der Waals surface area contributed by atoms with Crippen molar-refractivity contribution in [3.63, 3.8) is 0 Å². The Balaban J connectivity index is 2.68. The molecular weight excluding hydrogens is 184 g/mol. The van der Waals surface area contributed by atoms with Gasteiger partial charge in [-0.2, -0.15) is 0 Å². The first-order valence-electron chi connectivity index (χ1n) is 6.01. The van der Waals surface area contributed by atoms with Crippen molar-refractivity contribution in [3.05, 3.63) is 23.9 Å². The summed E-state index contributed by atoms with van der Waals surface area (Å²) in [5, 5.41) is 0. The van der Waals surface area contributed by atoms with Crippen molar-refractivity contribution >= 4 is 5.82 Å². The number of aryl methyl sites for hydroxylation is 1. The summed E-state index contributed by atoms with van der Waals surface area (Å²) in [6, 6.07) is 4.34. The first kappa shape index (κ1) is 12.0. The Morgan fingerprint density at radius 2 is 1.93 bits per heavy atom. The zero-order valence-corrected chi connectivity index (χ0v) is 10.2. The van der Waals surface area contributed by atoms with E-state index in [1.54, 1.807) is 0 Å². The van der Waals surface area contributed by atoms with E-state index in [0.717, 1.165) is 25.3 Å². The largest absolute Gasteiger partial charge is 0.357 e. The molecule has 1 heterocycles. The first-order chi connectivity index (χ1) is 7.31. The lowest BCUT2D eigenvalue weighted by Gasteiger charge is -2.21. The molecule has 0 aromatic carbocycles. The van der Waals surface area contributed by atoms with E-state index < -0.39 is 0 Å². The highest BCUT2D eigenvalue weighted by molar-refractivity contribution is 5.39. The van der Waals surface area contributed by atoms with E-state index >= 15 is 0 Å². The SMILES string of the molecule is CCCc1ccc(N(CC)CCC)nc1. The van der Waals surface area contributed by atoms with Gasteiger partial charge in [-0.15, -0.1) is 0 Å². The number of rotatable bonds is 6. The summed E-state index contributed by atoms with van der Waals surface area (Å²) in [5.41, 5.74) is 1.34. The standard InChI is InChI=1S/C13H22N2/c1-4-7-12-8-9-13(14-11-12)15(6-3)10-5-2/h8-9,11H,4-7,10H2,1-3H3. The lowest BCUT2D eigenvalue weighted by molar-refractivity contribution is 0.777. The molecule has 0 saturated carbocycles. The monoisotopic (exact) mass is 206 g/mol. The van der Waals surface area contributed by atoms with Crippen molar-refractivity contribution in [2.75, 3.05) is 18.0 Å². The molecule has 0 saturated heterocycles. The second-order valence-electron chi connectivity index (χ2n) is 3.85. The van der Waals surface area contributed by atoms with Crippen LogP contribution in [-0.2, 0) is 6.42 Å². The minimum atomic E-state index is 1.04. The van der Waals surface area contributed by atoms with Crippen LogP contribution in [0.4, 0.5) is 5.82 Å². The molecule has 0 spiro atoms. The molecule has 84 valence electrons. The van der Waals surface area contributed by atoms with Crippen LogP contribution < -0.4 is 4.90 Å². The molecule has 0 fully saturated rings. The van der Waals surface area contributed by atoms with Gasteiger partial charge >= 0.3 is 0 Å². The quantitative estimate of drug-likeness (QED) is 0.710. The van der Waals surface area contributed by atoms with Crippen molar-refractivity contribution in [2.24, 2.45) is 0 Å². The van der Waals surface area contributed by atoms with Crippen LogP contribution in [0.25, 0.3) is 0 Å². The van der Waals surface area contributed by atoms with E-state index in [9.17, 15) is 0 Å². The van der Waals surface area contributed by atoms with Gasteiger partial charge in [-0.3, -0.25) is 0 Å². The van der Waals surface area contributed by atoms with Crippen LogP contribution in [0.2, 0.25) is 0 Å². The molecule has 0 unspecified atom stereocenters. The van der Waals surface area contributed by atoms with E-state index in [1.807, 2.05) is 6.20 Å². The second kappa shape index (κ2) is 6.44. The van der Waals surface area contributed by atoms with Crippen molar-refractivity contribution < 1.29 is 0 Å².